The van der Waals surface area contributed by atoms with Crippen LogP contribution in [0.5, 0.6) is 0 Å². The van der Waals surface area contributed by atoms with Crippen LogP contribution in [0.2, 0.25) is 0 Å². The summed E-state index contributed by atoms with van der Waals surface area (Å²) in [6, 6.07) is 15.0. The van der Waals surface area contributed by atoms with E-state index < -0.39 is 0 Å². The van der Waals surface area contributed by atoms with E-state index in [9.17, 15) is 9.59 Å². The standard InChI is InChI=1S/C18H20N2O3/c1-13-7-9-14(10-8-13)11-20-18(22)15-5-3-4-6-16(15)19-12-17(21)23-2/h3-10,19H,11-12H2,1-2H3,(H,20,22). The van der Waals surface area contributed by atoms with Crippen molar-refractivity contribution in [3.63, 3.8) is 0 Å². The zero-order chi connectivity index (χ0) is 16.7. The average molecular weight is 312 g/mol. The van der Waals surface area contributed by atoms with Crippen LogP contribution in [0.1, 0.15) is 21.5 Å². The Morgan fingerprint density at radius 3 is 2.43 bits per heavy atom. The molecule has 0 heterocycles. The highest BCUT2D eigenvalue weighted by molar-refractivity contribution is 5.99. The molecular weight excluding hydrogens is 292 g/mol. The van der Waals surface area contributed by atoms with Gasteiger partial charge in [0.1, 0.15) is 6.54 Å². The average Bonchev–Trinajstić information content (AvgIpc) is 2.59. The number of carbonyl (C=O) groups is 2. The summed E-state index contributed by atoms with van der Waals surface area (Å²) in [6.45, 7) is 2.48. The molecule has 1 amide bonds. The van der Waals surface area contributed by atoms with Crippen LogP contribution in [-0.2, 0) is 16.1 Å². The van der Waals surface area contributed by atoms with Gasteiger partial charge < -0.3 is 15.4 Å². The second-order valence-electron chi connectivity index (χ2n) is 5.14. The number of amides is 1. The number of hydrogen-bond acceptors (Lipinski definition) is 4. The van der Waals surface area contributed by atoms with Crippen LogP contribution in [0.3, 0.4) is 0 Å². The minimum Gasteiger partial charge on any atom is -0.468 e. The van der Waals surface area contributed by atoms with E-state index in [0.29, 0.717) is 17.8 Å². The summed E-state index contributed by atoms with van der Waals surface area (Å²) in [4.78, 5) is 23.6. The SMILES string of the molecule is COC(=O)CNc1ccccc1C(=O)NCc1ccc(C)cc1. The quantitative estimate of drug-likeness (QED) is 0.804. The number of esters is 1. The van der Waals surface area contributed by atoms with E-state index in [1.165, 1.54) is 12.7 Å². The Morgan fingerprint density at radius 2 is 1.74 bits per heavy atom. The molecule has 0 aliphatic heterocycles. The third-order valence-electron chi connectivity index (χ3n) is 3.40. The zero-order valence-electron chi connectivity index (χ0n) is 13.3. The maximum atomic E-state index is 12.4. The van der Waals surface area contributed by atoms with Gasteiger partial charge in [0.05, 0.1) is 12.7 Å². The van der Waals surface area contributed by atoms with Gasteiger partial charge >= 0.3 is 5.97 Å². The van der Waals surface area contributed by atoms with Crippen molar-refractivity contribution in [3.8, 4) is 0 Å². The van der Waals surface area contributed by atoms with Crippen LogP contribution in [0.4, 0.5) is 5.69 Å². The number of nitrogens with one attached hydrogen (secondary N) is 2. The van der Waals surface area contributed by atoms with Gasteiger partial charge in [-0.15, -0.1) is 0 Å². The molecule has 0 spiro atoms. The van der Waals surface area contributed by atoms with Gasteiger partial charge in [-0.1, -0.05) is 42.0 Å². The van der Waals surface area contributed by atoms with Gasteiger partial charge in [0.15, 0.2) is 0 Å². The summed E-state index contributed by atoms with van der Waals surface area (Å²) in [5.41, 5.74) is 3.30. The van der Waals surface area contributed by atoms with Crippen molar-refractivity contribution in [2.75, 3.05) is 19.0 Å². The van der Waals surface area contributed by atoms with E-state index in [-0.39, 0.29) is 18.4 Å². The first-order valence-electron chi connectivity index (χ1n) is 7.33. The van der Waals surface area contributed by atoms with Crippen LogP contribution in [0.25, 0.3) is 0 Å². The number of aryl methyl sites for hydroxylation is 1. The van der Waals surface area contributed by atoms with Crippen molar-refractivity contribution < 1.29 is 14.3 Å². The molecule has 0 saturated heterocycles. The fraction of sp³-hybridized carbons (Fsp3) is 0.222. The molecule has 0 radical (unpaired) electrons. The van der Waals surface area contributed by atoms with Gasteiger partial charge in [-0.05, 0) is 24.6 Å². The largest absolute Gasteiger partial charge is 0.468 e. The van der Waals surface area contributed by atoms with Gasteiger partial charge in [0.25, 0.3) is 5.91 Å². The van der Waals surface area contributed by atoms with Gasteiger partial charge in [-0.25, -0.2) is 0 Å². The second-order valence-corrected chi connectivity index (χ2v) is 5.14. The number of benzene rings is 2. The Labute approximate surface area is 135 Å². The molecule has 2 rings (SSSR count). The number of carbonyl (C=O) groups excluding carboxylic acids is 2. The maximum absolute atomic E-state index is 12.4. The second kappa shape index (κ2) is 7.98. The van der Waals surface area contributed by atoms with Gasteiger partial charge in [-0.3, -0.25) is 9.59 Å². The minimum atomic E-state index is -0.389. The first-order chi connectivity index (χ1) is 11.1. The highest BCUT2D eigenvalue weighted by Crippen LogP contribution is 2.15. The lowest BCUT2D eigenvalue weighted by atomic mass is 10.1. The molecule has 23 heavy (non-hydrogen) atoms. The van der Waals surface area contributed by atoms with Crippen molar-refractivity contribution in [1.29, 1.82) is 0 Å². The van der Waals surface area contributed by atoms with E-state index in [4.69, 9.17) is 0 Å². The molecule has 120 valence electrons. The smallest absolute Gasteiger partial charge is 0.325 e. The molecule has 0 aromatic heterocycles. The number of para-hydroxylation sites is 1. The molecular formula is C18H20N2O3. The van der Waals surface area contributed by atoms with Crippen molar-refractivity contribution >= 4 is 17.6 Å². The molecule has 0 aliphatic carbocycles. The molecule has 2 aromatic carbocycles. The number of ether oxygens (including phenoxy) is 1. The van der Waals surface area contributed by atoms with Crippen molar-refractivity contribution in [2.24, 2.45) is 0 Å². The van der Waals surface area contributed by atoms with Gasteiger partial charge in [0, 0.05) is 12.2 Å². The predicted octanol–water partition coefficient (Wildman–Crippen LogP) is 2.51. The topological polar surface area (TPSA) is 67.4 Å². The maximum Gasteiger partial charge on any atom is 0.325 e. The Hall–Kier alpha value is -2.82. The van der Waals surface area contributed by atoms with Crippen LogP contribution in [-0.4, -0.2) is 25.5 Å². The number of rotatable bonds is 6. The highest BCUT2D eigenvalue weighted by atomic mass is 16.5. The Morgan fingerprint density at radius 1 is 1.04 bits per heavy atom. The molecule has 0 atom stereocenters. The van der Waals surface area contributed by atoms with Crippen LogP contribution in [0, 0.1) is 6.92 Å². The summed E-state index contributed by atoms with van der Waals surface area (Å²) < 4.78 is 4.59. The highest BCUT2D eigenvalue weighted by Gasteiger charge is 2.11. The molecule has 2 aromatic rings. The number of methoxy groups -OCH3 is 1. The summed E-state index contributed by atoms with van der Waals surface area (Å²) in [5.74, 6) is -0.585. The predicted molar refractivity (Wildman–Crippen MR) is 89.3 cm³/mol. The van der Waals surface area contributed by atoms with Crippen molar-refractivity contribution in [3.05, 3.63) is 65.2 Å². The zero-order valence-corrected chi connectivity index (χ0v) is 13.3. The monoisotopic (exact) mass is 312 g/mol. The molecule has 0 fully saturated rings. The third-order valence-corrected chi connectivity index (χ3v) is 3.40. The molecule has 2 N–H and O–H groups in total. The van der Waals surface area contributed by atoms with Gasteiger partial charge in [-0.2, -0.15) is 0 Å². The van der Waals surface area contributed by atoms with E-state index in [1.54, 1.807) is 24.3 Å². The number of hydrogen-bond donors (Lipinski definition) is 2. The summed E-state index contributed by atoms with van der Waals surface area (Å²) in [7, 11) is 1.32. The Bertz CT molecular complexity index is 681. The van der Waals surface area contributed by atoms with E-state index in [2.05, 4.69) is 15.4 Å². The molecule has 0 aliphatic rings. The van der Waals surface area contributed by atoms with Crippen molar-refractivity contribution in [1.82, 2.24) is 5.32 Å². The molecule has 5 nitrogen and oxygen atoms in total. The lowest BCUT2D eigenvalue weighted by Gasteiger charge is -2.11. The van der Waals surface area contributed by atoms with Crippen LogP contribution >= 0.6 is 0 Å². The van der Waals surface area contributed by atoms with E-state index in [1.807, 2.05) is 31.2 Å². The molecule has 0 unspecified atom stereocenters. The molecule has 0 saturated carbocycles. The van der Waals surface area contributed by atoms with Crippen LogP contribution < -0.4 is 10.6 Å². The minimum absolute atomic E-state index is 0.0127. The third kappa shape index (κ3) is 4.85. The van der Waals surface area contributed by atoms with Gasteiger partial charge in [0.2, 0.25) is 0 Å². The van der Waals surface area contributed by atoms with E-state index >= 15 is 0 Å². The Kier molecular flexibility index (Phi) is 5.74. The lowest BCUT2D eigenvalue weighted by Crippen LogP contribution is -2.25. The number of anilines is 1. The fourth-order valence-corrected chi connectivity index (χ4v) is 2.06. The summed E-state index contributed by atoms with van der Waals surface area (Å²) in [6.07, 6.45) is 0. The Balaban J connectivity index is 2.01. The van der Waals surface area contributed by atoms with Crippen LogP contribution in [0.15, 0.2) is 48.5 Å². The van der Waals surface area contributed by atoms with Crippen molar-refractivity contribution in [2.45, 2.75) is 13.5 Å². The fourth-order valence-electron chi connectivity index (χ4n) is 2.06. The summed E-state index contributed by atoms with van der Waals surface area (Å²) in [5, 5.41) is 5.80. The normalized spacial score (nSPS) is 10.0. The van der Waals surface area contributed by atoms with E-state index in [0.717, 1.165) is 5.56 Å². The lowest BCUT2D eigenvalue weighted by molar-refractivity contribution is -0.138. The first-order valence-corrected chi connectivity index (χ1v) is 7.33. The first kappa shape index (κ1) is 16.5. The molecule has 0 bridgehead atoms. The molecule has 5 heteroatoms. The summed E-state index contributed by atoms with van der Waals surface area (Å²) >= 11 is 0.